The maximum Gasteiger partial charge on any atom is 0.318 e. The van der Waals surface area contributed by atoms with Crippen LogP contribution in [0.15, 0.2) is 29.6 Å². The van der Waals surface area contributed by atoms with Crippen LogP contribution in [0.2, 0.25) is 0 Å². The minimum Gasteiger partial charge on any atom is -0.479 e. The maximum absolute atomic E-state index is 14.3. The van der Waals surface area contributed by atoms with Crippen LogP contribution in [0.5, 0.6) is 6.01 Å². The van der Waals surface area contributed by atoms with Crippen LogP contribution in [0.25, 0.3) is 16.8 Å². The second kappa shape index (κ2) is 4.73. The SMILES string of the molecule is Cc1cc(-c2cnn3c(O)ncnc23)c(F)cc1S(C)(=O)=O. The Morgan fingerprint density at radius 1 is 1.23 bits per heavy atom. The zero-order valence-corrected chi connectivity index (χ0v) is 12.5. The second-order valence-corrected chi connectivity index (χ2v) is 6.82. The number of nitrogens with zero attached hydrogens (tertiary/aromatic N) is 4. The monoisotopic (exact) mass is 322 g/mol. The Kier molecular flexibility index (Phi) is 3.10. The minimum absolute atomic E-state index is 0.0669. The first kappa shape index (κ1) is 14.4. The smallest absolute Gasteiger partial charge is 0.318 e. The van der Waals surface area contributed by atoms with Gasteiger partial charge in [0.1, 0.15) is 12.1 Å². The van der Waals surface area contributed by atoms with E-state index in [-0.39, 0.29) is 22.1 Å². The van der Waals surface area contributed by atoms with Crippen LogP contribution in [0.3, 0.4) is 0 Å². The van der Waals surface area contributed by atoms with Crippen LogP contribution in [0, 0.1) is 12.7 Å². The maximum atomic E-state index is 14.3. The first-order valence-corrected chi connectivity index (χ1v) is 8.06. The predicted octanol–water partition coefficient (Wildman–Crippen LogP) is 1.35. The van der Waals surface area contributed by atoms with Crippen LogP contribution in [0.1, 0.15) is 5.56 Å². The van der Waals surface area contributed by atoms with Gasteiger partial charge in [-0.1, -0.05) is 0 Å². The van der Waals surface area contributed by atoms with E-state index in [9.17, 15) is 17.9 Å². The topological polar surface area (TPSA) is 97.4 Å². The lowest BCUT2D eigenvalue weighted by molar-refractivity contribution is 0.411. The summed E-state index contributed by atoms with van der Waals surface area (Å²) in [7, 11) is -3.52. The Morgan fingerprint density at radius 2 is 1.95 bits per heavy atom. The molecule has 3 rings (SSSR count). The highest BCUT2D eigenvalue weighted by Crippen LogP contribution is 2.30. The number of rotatable bonds is 2. The Morgan fingerprint density at radius 3 is 2.64 bits per heavy atom. The van der Waals surface area contributed by atoms with Crippen LogP contribution >= 0.6 is 0 Å². The fraction of sp³-hybridized carbons (Fsp3) is 0.154. The number of hydrogen-bond donors (Lipinski definition) is 1. The summed E-state index contributed by atoms with van der Waals surface area (Å²) in [5.74, 6) is -0.709. The number of sulfone groups is 1. The van der Waals surface area contributed by atoms with E-state index < -0.39 is 15.7 Å². The van der Waals surface area contributed by atoms with Gasteiger partial charge in [0.15, 0.2) is 15.5 Å². The van der Waals surface area contributed by atoms with E-state index in [4.69, 9.17) is 0 Å². The van der Waals surface area contributed by atoms with Crippen molar-refractivity contribution in [2.45, 2.75) is 11.8 Å². The number of aryl methyl sites for hydroxylation is 1. The number of aromatic nitrogens is 4. The van der Waals surface area contributed by atoms with E-state index >= 15 is 0 Å². The number of benzene rings is 1. The fourth-order valence-corrected chi connectivity index (χ4v) is 3.22. The lowest BCUT2D eigenvalue weighted by Gasteiger charge is -2.08. The molecular formula is C13H11FN4O3S. The van der Waals surface area contributed by atoms with Gasteiger partial charge >= 0.3 is 6.01 Å². The first-order chi connectivity index (χ1) is 10.3. The van der Waals surface area contributed by atoms with Crippen LogP contribution < -0.4 is 0 Å². The molecule has 114 valence electrons. The van der Waals surface area contributed by atoms with Crippen molar-refractivity contribution in [3.8, 4) is 17.1 Å². The molecule has 0 saturated carbocycles. The average molecular weight is 322 g/mol. The predicted molar refractivity (Wildman–Crippen MR) is 75.7 cm³/mol. The zero-order valence-electron chi connectivity index (χ0n) is 11.6. The average Bonchev–Trinajstić information content (AvgIpc) is 2.85. The van der Waals surface area contributed by atoms with E-state index in [1.54, 1.807) is 6.92 Å². The molecule has 9 heteroatoms. The van der Waals surface area contributed by atoms with Crippen LogP contribution in [-0.4, -0.2) is 39.4 Å². The second-order valence-electron chi connectivity index (χ2n) is 4.84. The molecule has 7 nitrogen and oxygen atoms in total. The van der Waals surface area contributed by atoms with E-state index in [1.165, 1.54) is 12.3 Å². The molecule has 0 amide bonds. The van der Waals surface area contributed by atoms with Gasteiger partial charge in [0, 0.05) is 17.4 Å². The zero-order chi connectivity index (χ0) is 16.1. The molecule has 0 saturated heterocycles. The summed E-state index contributed by atoms with van der Waals surface area (Å²) in [6.07, 6.45) is 3.49. The number of aromatic hydroxyl groups is 1. The van der Waals surface area contributed by atoms with Crippen LogP contribution in [-0.2, 0) is 9.84 Å². The molecule has 3 aromatic rings. The van der Waals surface area contributed by atoms with E-state index in [1.807, 2.05) is 0 Å². The Labute approximate surface area is 125 Å². The van der Waals surface area contributed by atoms with Crippen molar-refractivity contribution in [3.05, 3.63) is 36.0 Å². The third-order valence-corrected chi connectivity index (χ3v) is 4.48. The van der Waals surface area contributed by atoms with E-state index in [2.05, 4.69) is 15.1 Å². The summed E-state index contributed by atoms with van der Waals surface area (Å²) < 4.78 is 38.7. The largest absolute Gasteiger partial charge is 0.479 e. The molecule has 0 aliphatic rings. The summed E-state index contributed by atoms with van der Waals surface area (Å²) in [6, 6.07) is 2.02. The van der Waals surface area contributed by atoms with Gasteiger partial charge in [-0.2, -0.15) is 14.6 Å². The molecule has 22 heavy (non-hydrogen) atoms. The van der Waals surface area contributed by atoms with Crippen molar-refractivity contribution in [1.82, 2.24) is 19.6 Å². The molecule has 2 aromatic heterocycles. The lowest BCUT2D eigenvalue weighted by Crippen LogP contribution is -2.02. The number of halogens is 1. The van der Waals surface area contributed by atoms with Gasteiger partial charge < -0.3 is 5.11 Å². The summed E-state index contributed by atoms with van der Waals surface area (Å²) in [6.45, 7) is 1.58. The molecule has 0 radical (unpaired) electrons. The van der Waals surface area contributed by atoms with Crippen molar-refractivity contribution < 1.29 is 17.9 Å². The summed E-state index contributed by atoms with van der Waals surface area (Å²) in [4.78, 5) is 7.47. The molecule has 1 aromatic carbocycles. The summed E-state index contributed by atoms with van der Waals surface area (Å²) in [5, 5.41) is 13.5. The van der Waals surface area contributed by atoms with Crippen molar-refractivity contribution in [2.75, 3.05) is 6.26 Å². The van der Waals surface area contributed by atoms with E-state index in [0.717, 1.165) is 23.2 Å². The molecule has 0 spiro atoms. The lowest BCUT2D eigenvalue weighted by atomic mass is 10.1. The summed E-state index contributed by atoms with van der Waals surface area (Å²) in [5.41, 5.74) is 1.12. The number of hydrogen-bond acceptors (Lipinski definition) is 6. The standard InChI is InChI=1S/C13H11FN4O3S/c1-7-3-8(10(14)4-11(7)22(2,20)21)9-5-17-18-12(9)15-6-16-13(18)19/h3-6H,1-2H3,(H,15,16,19). The van der Waals surface area contributed by atoms with Gasteiger partial charge in [0.2, 0.25) is 0 Å². The van der Waals surface area contributed by atoms with Crippen molar-refractivity contribution in [3.63, 3.8) is 0 Å². The van der Waals surface area contributed by atoms with Gasteiger partial charge in [-0.15, -0.1) is 0 Å². The van der Waals surface area contributed by atoms with Gasteiger partial charge in [0.25, 0.3) is 0 Å². The Balaban J connectivity index is 2.28. The Hall–Kier alpha value is -2.55. The molecule has 0 atom stereocenters. The van der Waals surface area contributed by atoms with Gasteiger partial charge in [0.05, 0.1) is 11.1 Å². The molecular weight excluding hydrogens is 311 g/mol. The molecule has 0 bridgehead atoms. The van der Waals surface area contributed by atoms with Crippen molar-refractivity contribution >= 4 is 15.5 Å². The van der Waals surface area contributed by atoms with Gasteiger partial charge in [-0.05, 0) is 24.6 Å². The number of fused-ring (bicyclic) bond motifs is 1. The highest BCUT2D eigenvalue weighted by molar-refractivity contribution is 7.90. The molecule has 2 heterocycles. The highest BCUT2D eigenvalue weighted by atomic mass is 32.2. The van der Waals surface area contributed by atoms with Gasteiger partial charge in [-0.3, -0.25) is 0 Å². The molecule has 0 fully saturated rings. The van der Waals surface area contributed by atoms with E-state index in [0.29, 0.717) is 11.1 Å². The quantitative estimate of drug-likeness (QED) is 0.765. The highest BCUT2D eigenvalue weighted by Gasteiger charge is 2.19. The molecule has 0 aliphatic carbocycles. The van der Waals surface area contributed by atoms with Gasteiger partial charge in [-0.25, -0.2) is 17.8 Å². The normalized spacial score (nSPS) is 12.0. The molecule has 1 N–H and O–H groups in total. The summed E-state index contributed by atoms with van der Waals surface area (Å²) >= 11 is 0. The van der Waals surface area contributed by atoms with Crippen LogP contribution in [0.4, 0.5) is 4.39 Å². The third kappa shape index (κ3) is 2.19. The van der Waals surface area contributed by atoms with Crippen molar-refractivity contribution in [2.24, 2.45) is 0 Å². The molecule has 0 aliphatic heterocycles. The third-order valence-electron chi connectivity index (χ3n) is 3.24. The molecule has 0 unspecified atom stereocenters. The Bertz CT molecular complexity index is 998. The van der Waals surface area contributed by atoms with Crippen molar-refractivity contribution in [1.29, 1.82) is 0 Å². The minimum atomic E-state index is -3.52. The fourth-order valence-electron chi connectivity index (χ4n) is 2.26. The first-order valence-electron chi connectivity index (χ1n) is 6.17.